The minimum absolute atomic E-state index is 0.0406. The third kappa shape index (κ3) is 5.45. The summed E-state index contributed by atoms with van der Waals surface area (Å²) in [6.07, 6.45) is -2.75. The number of sulfonamides is 1. The summed E-state index contributed by atoms with van der Waals surface area (Å²) in [5, 5.41) is 0.851. The number of benzene rings is 1. The lowest BCUT2D eigenvalue weighted by Crippen LogP contribution is -2.29. The van der Waals surface area contributed by atoms with E-state index in [1.165, 1.54) is 18.2 Å². The molecule has 0 fully saturated rings. The number of rotatable bonds is 4. The molecule has 11 heteroatoms. The van der Waals surface area contributed by atoms with Gasteiger partial charge >= 0.3 is 6.18 Å². The molecule has 0 radical (unpaired) electrons. The van der Waals surface area contributed by atoms with Crippen molar-refractivity contribution >= 4 is 45.2 Å². The zero-order valence-electron chi connectivity index (χ0n) is 12.6. The molecule has 0 aliphatic heterocycles. The maximum absolute atomic E-state index is 12.4. The van der Waals surface area contributed by atoms with Crippen molar-refractivity contribution in [3.05, 3.63) is 68.8 Å². The molecule has 0 spiro atoms. The summed E-state index contributed by atoms with van der Waals surface area (Å²) in [6, 6.07) is 5.63. The molecule has 1 N–H and O–H groups in total. The normalized spacial score (nSPS) is 12.3. The first kappa shape index (κ1) is 20.2. The van der Waals surface area contributed by atoms with Gasteiger partial charge in [-0.25, -0.2) is 13.1 Å². The SMILES string of the molecule is O=C(NS(=O)(=O)/C=C/c1ccc(C(F)(F)F)nc1)c1ccc(Cl)cc1Cl. The maximum atomic E-state index is 12.4. The van der Waals surface area contributed by atoms with Gasteiger partial charge in [0.05, 0.1) is 16.0 Å². The van der Waals surface area contributed by atoms with E-state index in [4.69, 9.17) is 23.2 Å². The van der Waals surface area contributed by atoms with Gasteiger partial charge in [-0.05, 0) is 35.9 Å². The predicted octanol–water partition coefficient (Wildman–Crippen LogP) is 4.14. The van der Waals surface area contributed by atoms with Crippen LogP contribution in [0.1, 0.15) is 21.6 Å². The van der Waals surface area contributed by atoms with Gasteiger partial charge in [0.2, 0.25) is 0 Å². The Morgan fingerprint density at radius 1 is 1.15 bits per heavy atom. The van der Waals surface area contributed by atoms with E-state index in [2.05, 4.69) is 4.98 Å². The molecule has 1 aromatic heterocycles. The molecule has 1 aromatic carbocycles. The van der Waals surface area contributed by atoms with Crippen molar-refractivity contribution < 1.29 is 26.4 Å². The molecular weight excluding hydrogens is 416 g/mol. The number of amides is 1. The Hall–Kier alpha value is -2.10. The van der Waals surface area contributed by atoms with Gasteiger partial charge in [0, 0.05) is 11.2 Å². The molecule has 1 amide bonds. The first-order valence-corrected chi connectivity index (χ1v) is 9.02. The Labute approximate surface area is 156 Å². The second-order valence-electron chi connectivity index (χ2n) is 4.88. The summed E-state index contributed by atoms with van der Waals surface area (Å²) in [5.41, 5.74) is -1.12. The molecule has 26 heavy (non-hydrogen) atoms. The second kappa shape index (κ2) is 7.65. The van der Waals surface area contributed by atoms with Gasteiger partial charge in [0.15, 0.2) is 0 Å². The molecule has 2 rings (SSSR count). The fourth-order valence-electron chi connectivity index (χ4n) is 1.73. The van der Waals surface area contributed by atoms with Gasteiger partial charge in [-0.3, -0.25) is 9.78 Å². The minimum atomic E-state index is -4.60. The fourth-order valence-corrected chi connectivity index (χ4v) is 3.00. The number of nitrogens with zero attached hydrogens (tertiary/aromatic N) is 1. The summed E-state index contributed by atoms with van der Waals surface area (Å²) in [4.78, 5) is 15.2. The number of aromatic nitrogens is 1. The number of hydrogen-bond acceptors (Lipinski definition) is 4. The van der Waals surface area contributed by atoms with Crippen LogP contribution in [-0.2, 0) is 16.2 Å². The minimum Gasteiger partial charge on any atom is -0.268 e. The van der Waals surface area contributed by atoms with E-state index >= 15 is 0 Å². The van der Waals surface area contributed by atoms with Gasteiger partial charge < -0.3 is 0 Å². The van der Waals surface area contributed by atoms with Crippen LogP contribution in [0.3, 0.4) is 0 Å². The molecule has 0 aliphatic carbocycles. The van der Waals surface area contributed by atoms with Crippen LogP contribution in [-0.4, -0.2) is 19.3 Å². The van der Waals surface area contributed by atoms with E-state index in [1.807, 2.05) is 0 Å². The molecule has 0 bridgehead atoms. The zero-order valence-corrected chi connectivity index (χ0v) is 14.9. The van der Waals surface area contributed by atoms with Gasteiger partial charge in [0.25, 0.3) is 15.9 Å². The number of nitrogens with one attached hydrogen (secondary N) is 1. The standard InChI is InChI=1S/C15H9Cl2F3N2O3S/c16-10-2-3-11(12(17)7-10)14(23)22-26(24,25)6-5-9-1-4-13(21-8-9)15(18,19)20/h1-8H,(H,22,23)/b6-5+. The van der Waals surface area contributed by atoms with Crippen molar-refractivity contribution in [1.82, 2.24) is 9.71 Å². The number of carbonyl (C=O) groups is 1. The van der Waals surface area contributed by atoms with Crippen molar-refractivity contribution in [3.63, 3.8) is 0 Å². The molecule has 0 aliphatic rings. The first-order valence-electron chi connectivity index (χ1n) is 6.71. The highest BCUT2D eigenvalue weighted by Gasteiger charge is 2.31. The fraction of sp³-hybridized carbons (Fsp3) is 0.0667. The van der Waals surface area contributed by atoms with Gasteiger partial charge in [-0.15, -0.1) is 0 Å². The van der Waals surface area contributed by atoms with Gasteiger partial charge in [-0.1, -0.05) is 29.3 Å². The lowest BCUT2D eigenvalue weighted by molar-refractivity contribution is -0.141. The molecule has 0 atom stereocenters. The first-order chi connectivity index (χ1) is 12.0. The van der Waals surface area contributed by atoms with Crippen LogP contribution < -0.4 is 4.72 Å². The van der Waals surface area contributed by atoms with Crippen molar-refractivity contribution in [3.8, 4) is 0 Å². The van der Waals surface area contributed by atoms with Crippen LogP contribution in [0.4, 0.5) is 13.2 Å². The highest BCUT2D eigenvalue weighted by atomic mass is 35.5. The number of pyridine rings is 1. The molecule has 0 saturated heterocycles. The topological polar surface area (TPSA) is 76.1 Å². The number of carbonyl (C=O) groups excluding carboxylic acids is 1. The Bertz CT molecular complexity index is 959. The highest BCUT2D eigenvalue weighted by molar-refractivity contribution is 7.93. The smallest absolute Gasteiger partial charge is 0.268 e. The van der Waals surface area contributed by atoms with Crippen LogP contribution in [0.25, 0.3) is 6.08 Å². The molecule has 138 valence electrons. The summed E-state index contributed by atoms with van der Waals surface area (Å²) in [7, 11) is -4.21. The average Bonchev–Trinajstić information content (AvgIpc) is 2.52. The molecule has 0 saturated carbocycles. The average molecular weight is 425 g/mol. The third-order valence-corrected chi connectivity index (χ3v) is 4.44. The van der Waals surface area contributed by atoms with Gasteiger partial charge in [0.1, 0.15) is 5.69 Å². The quantitative estimate of drug-likeness (QED) is 0.799. The van der Waals surface area contributed by atoms with Crippen molar-refractivity contribution in [2.24, 2.45) is 0 Å². The number of alkyl halides is 3. The predicted molar refractivity (Wildman–Crippen MR) is 91.1 cm³/mol. The van der Waals surface area contributed by atoms with Crippen LogP contribution in [0.15, 0.2) is 41.9 Å². The molecule has 2 aromatic rings. The molecular formula is C15H9Cl2F3N2O3S. The third-order valence-electron chi connectivity index (χ3n) is 2.93. The highest BCUT2D eigenvalue weighted by Crippen LogP contribution is 2.27. The lowest BCUT2D eigenvalue weighted by Gasteiger charge is -2.06. The monoisotopic (exact) mass is 424 g/mol. The van der Waals surface area contributed by atoms with Crippen LogP contribution >= 0.6 is 23.2 Å². The van der Waals surface area contributed by atoms with Crippen molar-refractivity contribution in [1.29, 1.82) is 0 Å². The Morgan fingerprint density at radius 3 is 2.38 bits per heavy atom. The van der Waals surface area contributed by atoms with E-state index in [0.717, 1.165) is 18.3 Å². The van der Waals surface area contributed by atoms with E-state index in [1.54, 1.807) is 4.72 Å². The number of hydrogen-bond donors (Lipinski definition) is 1. The molecule has 1 heterocycles. The molecule has 0 unspecified atom stereocenters. The number of halogens is 5. The lowest BCUT2D eigenvalue weighted by atomic mass is 10.2. The van der Waals surface area contributed by atoms with Crippen LogP contribution in [0, 0.1) is 0 Å². The van der Waals surface area contributed by atoms with Gasteiger partial charge in [-0.2, -0.15) is 13.2 Å². The summed E-state index contributed by atoms with van der Waals surface area (Å²) in [6.45, 7) is 0. The van der Waals surface area contributed by atoms with E-state index in [9.17, 15) is 26.4 Å². The van der Waals surface area contributed by atoms with Crippen molar-refractivity contribution in [2.75, 3.05) is 0 Å². The largest absolute Gasteiger partial charge is 0.433 e. The zero-order chi connectivity index (χ0) is 19.5. The van der Waals surface area contributed by atoms with E-state index in [0.29, 0.717) is 11.5 Å². The summed E-state index contributed by atoms with van der Waals surface area (Å²) in [5.74, 6) is -0.984. The Morgan fingerprint density at radius 2 is 1.85 bits per heavy atom. The summed E-state index contributed by atoms with van der Waals surface area (Å²) < 4.78 is 62.8. The molecule has 5 nitrogen and oxygen atoms in total. The van der Waals surface area contributed by atoms with Crippen LogP contribution in [0.2, 0.25) is 10.0 Å². The maximum Gasteiger partial charge on any atom is 0.433 e. The summed E-state index contributed by atoms with van der Waals surface area (Å²) >= 11 is 11.5. The van der Waals surface area contributed by atoms with E-state index < -0.39 is 27.8 Å². The Balaban J connectivity index is 2.12. The van der Waals surface area contributed by atoms with Crippen LogP contribution in [0.5, 0.6) is 0 Å². The Kier molecular flexibility index (Phi) is 5.94. The van der Waals surface area contributed by atoms with Crippen molar-refractivity contribution in [2.45, 2.75) is 6.18 Å². The van der Waals surface area contributed by atoms with E-state index in [-0.39, 0.29) is 21.2 Å². The second-order valence-corrected chi connectivity index (χ2v) is 7.29.